The van der Waals surface area contributed by atoms with Gasteiger partial charge in [0.1, 0.15) is 5.82 Å². The highest BCUT2D eigenvalue weighted by molar-refractivity contribution is 7.92. The standard InChI is InChI=1S/C23H21N3O3S/c1-15-7-6-8-19(13-15)30(28,29)25-21-12-11-18(14-16(21)2)26-17(3)24-22-10-5-4-9-20(22)23(26)27/h4-14,25H,1-3H3. The van der Waals surface area contributed by atoms with Crippen molar-refractivity contribution >= 4 is 26.6 Å². The van der Waals surface area contributed by atoms with Gasteiger partial charge >= 0.3 is 0 Å². The van der Waals surface area contributed by atoms with Gasteiger partial charge in [-0.25, -0.2) is 13.4 Å². The van der Waals surface area contributed by atoms with Crippen molar-refractivity contribution in [3.63, 3.8) is 0 Å². The van der Waals surface area contributed by atoms with Crippen LogP contribution in [0.1, 0.15) is 17.0 Å². The number of fused-ring (bicyclic) bond motifs is 1. The maximum atomic E-state index is 13.0. The van der Waals surface area contributed by atoms with Crippen LogP contribution in [-0.2, 0) is 10.0 Å². The first-order valence-electron chi connectivity index (χ1n) is 9.45. The van der Waals surface area contributed by atoms with Crippen LogP contribution < -0.4 is 10.3 Å². The summed E-state index contributed by atoms with van der Waals surface area (Å²) in [6.07, 6.45) is 0. The van der Waals surface area contributed by atoms with Gasteiger partial charge in [0.2, 0.25) is 0 Å². The normalized spacial score (nSPS) is 11.6. The van der Waals surface area contributed by atoms with Crippen LogP contribution >= 0.6 is 0 Å². The van der Waals surface area contributed by atoms with Crippen molar-refractivity contribution in [2.24, 2.45) is 0 Å². The lowest BCUT2D eigenvalue weighted by Crippen LogP contribution is -2.22. The zero-order chi connectivity index (χ0) is 21.5. The molecule has 4 aromatic rings. The van der Waals surface area contributed by atoms with Crippen molar-refractivity contribution in [3.05, 3.63) is 94.0 Å². The van der Waals surface area contributed by atoms with Gasteiger partial charge in [0.25, 0.3) is 15.6 Å². The molecule has 7 heteroatoms. The Morgan fingerprint density at radius 1 is 0.900 bits per heavy atom. The first kappa shape index (κ1) is 19.8. The summed E-state index contributed by atoms with van der Waals surface area (Å²) in [4.78, 5) is 17.7. The quantitative estimate of drug-likeness (QED) is 0.540. The average molecular weight is 420 g/mol. The van der Waals surface area contributed by atoms with Crippen LogP contribution in [-0.4, -0.2) is 18.0 Å². The number of rotatable bonds is 4. The van der Waals surface area contributed by atoms with Gasteiger partial charge in [-0.1, -0.05) is 24.3 Å². The maximum absolute atomic E-state index is 13.0. The Balaban J connectivity index is 1.75. The van der Waals surface area contributed by atoms with Gasteiger partial charge in [-0.2, -0.15) is 0 Å². The predicted octanol–water partition coefficient (Wildman–Crippen LogP) is 4.11. The van der Waals surface area contributed by atoms with E-state index in [4.69, 9.17) is 0 Å². The molecule has 4 rings (SSSR count). The van der Waals surface area contributed by atoms with Crippen molar-refractivity contribution in [2.75, 3.05) is 4.72 Å². The molecule has 1 heterocycles. The summed E-state index contributed by atoms with van der Waals surface area (Å²) in [6, 6.07) is 19.1. The highest BCUT2D eigenvalue weighted by Gasteiger charge is 2.16. The van der Waals surface area contributed by atoms with E-state index < -0.39 is 10.0 Å². The molecule has 1 aromatic heterocycles. The summed E-state index contributed by atoms with van der Waals surface area (Å²) >= 11 is 0. The summed E-state index contributed by atoms with van der Waals surface area (Å²) in [6.45, 7) is 5.42. The molecule has 0 aliphatic heterocycles. The lowest BCUT2D eigenvalue weighted by atomic mass is 10.1. The first-order chi connectivity index (χ1) is 14.3. The average Bonchev–Trinajstić information content (AvgIpc) is 2.70. The Kier molecular flexibility index (Phi) is 4.91. The Labute approximate surface area is 174 Å². The number of benzene rings is 3. The molecule has 3 aromatic carbocycles. The van der Waals surface area contributed by atoms with Crippen LogP contribution in [0.15, 0.2) is 76.4 Å². The third-order valence-corrected chi connectivity index (χ3v) is 6.32. The van der Waals surface area contributed by atoms with Crippen LogP contribution in [0.25, 0.3) is 16.6 Å². The number of para-hydroxylation sites is 1. The third kappa shape index (κ3) is 3.59. The summed E-state index contributed by atoms with van der Waals surface area (Å²) in [5.74, 6) is 0.561. The second kappa shape index (κ2) is 7.42. The van der Waals surface area contributed by atoms with E-state index in [0.29, 0.717) is 33.7 Å². The summed E-state index contributed by atoms with van der Waals surface area (Å²) in [5.41, 5.74) is 3.14. The third-order valence-electron chi connectivity index (χ3n) is 4.96. The summed E-state index contributed by atoms with van der Waals surface area (Å²) < 4.78 is 29.7. The Morgan fingerprint density at radius 2 is 1.67 bits per heavy atom. The second-order valence-corrected chi connectivity index (χ2v) is 8.92. The fourth-order valence-corrected chi connectivity index (χ4v) is 4.67. The summed E-state index contributed by atoms with van der Waals surface area (Å²) in [5, 5.41) is 0.532. The lowest BCUT2D eigenvalue weighted by molar-refractivity contribution is 0.601. The van der Waals surface area contributed by atoms with Crippen molar-refractivity contribution < 1.29 is 8.42 Å². The van der Waals surface area contributed by atoms with Crippen LogP contribution in [0.5, 0.6) is 0 Å². The maximum Gasteiger partial charge on any atom is 0.265 e. The largest absolute Gasteiger partial charge is 0.279 e. The SMILES string of the molecule is Cc1cccc(S(=O)(=O)Nc2ccc(-n3c(C)nc4ccccc4c3=O)cc2C)c1. The molecule has 30 heavy (non-hydrogen) atoms. The molecule has 0 bridgehead atoms. The zero-order valence-corrected chi connectivity index (χ0v) is 17.7. The zero-order valence-electron chi connectivity index (χ0n) is 16.9. The van der Waals surface area contributed by atoms with E-state index in [0.717, 1.165) is 5.56 Å². The molecule has 0 aliphatic rings. The molecule has 0 unspecified atom stereocenters. The predicted molar refractivity (Wildman–Crippen MR) is 119 cm³/mol. The van der Waals surface area contributed by atoms with Crippen molar-refractivity contribution in [3.8, 4) is 5.69 Å². The van der Waals surface area contributed by atoms with Gasteiger partial charge in [-0.15, -0.1) is 0 Å². The lowest BCUT2D eigenvalue weighted by Gasteiger charge is -2.15. The van der Waals surface area contributed by atoms with Crippen LogP contribution in [0.3, 0.4) is 0 Å². The van der Waals surface area contributed by atoms with Crippen LogP contribution in [0.2, 0.25) is 0 Å². The number of hydrogen-bond donors (Lipinski definition) is 1. The van der Waals surface area contributed by atoms with Gasteiger partial charge in [-0.3, -0.25) is 14.1 Å². The topological polar surface area (TPSA) is 81.1 Å². The molecular weight excluding hydrogens is 398 g/mol. The Bertz CT molecular complexity index is 1440. The van der Waals surface area contributed by atoms with E-state index in [1.54, 1.807) is 62.4 Å². The number of nitrogens with one attached hydrogen (secondary N) is 1. The molecule has 0 saturated carbocycles. The van der Waals surface area contributed by atoms with Crippen LogP contribution in [0, 0.1) is 20.8 Å². The number of aromatic nitrogens is 2. The van der Waals surface area contributed by atoms with E-state index >= 15 is 0 Å². The van der Waals surface area contributed by atoms with Gasteiger partial charge < -0.3 is 0 Å². The molecule has 0 radical (unpaired) electrons. The molecular formula is C23H21N3O3S. The molecule has 1 N–H and O–H groups in total. The van der Waals surface area contributed by atoms with E-state index in [1.807, 2.05) is 25.1 Å². The fourth-order valence-electron chi connectivity index (χ4n) is 3.44. The molecule has 0 fully saturated rings. The summed E-state index contributed by atoms with van der Waals surface area (Å²) in [7, 11) is -3.71. The monoisotopic (exact) mass is 419 g/mol. The van der Waals surface area contributed by atoms with E-state index in [-0.39, 0.29) is 10.5 Å². The van der Waals surface area contributed by atoms with Crippen molar-refractivity contribution in [2.45, 2.75) is 25.7 Å². The van der Waals surface area contributed by atoms with Gasteiger partial charge in [0.05, 0.1) is 27.2 Å². The minimum atomic E-state index is -3.71. The van der Waals surface area contributed by atoms with Crippen LogP contribution in [0.4, 0.5) is 5.69 Å². The number of aryl methyl sites for hydroxylation is 3. The van der Waals surface area contributed by atoms with E-state index in [9.17, 15) is 13.2 Å². The fraction of sp³-hybridized carbons (Fsp3) is 0.130. The first-order valence-corrected chi connectivity index (χ1v) is 10.9. The van der Waals surface area contributed by atoms with Gasteiger partial charge in [-0.05, 0) is 74.4 Å². The Hall–Kier alpha value is -3.45. The second-order valence-electron chi connectivity index (χ2n) is 7.24. The minimum absolute atomic E-state index is 0.161. The minimum Gasteiger partial charge on any atom is -0.279 e. The van der Waals surface area contributed by atoms with E-state index in [1.165, 1.54) is 4.57 Å². The number of sulfonamides is 1. The highest BCUT2D eigenvalue weighted by Crippen LogP contribution is 2.23. The van der Waals surface area contributed by atoms with Crippen molar-refractivity contribution in [1.29, 1.82) is 0 Å². The Morgan fingerprint density at radius 3 is 2.40 bits per heavy atom. The molecule has 152 valence electrons. The number of hydrogen-bond acceptors (Lipinski definition) is 4. The molecule has 0 aliphatic carbocycles. The smallest absolute Gasteiger partial charge is 0.265 e. The molecule has 0 atom stereocenters. The molecule has 0 amide bonds. The van der Waals surface area contributed by atoms with Gasteiger partial charge in [0.15, 0.2) is 0 Å². The number of nitrogens with zero attached hydrogens (tertiary/aromatic N) is 2. The van der Waals surface area contributed by atoms with Crippen molar-refractivity contribution in [1.82, 2.24) is 9.55 Å². The highest BCUT2D eigenvalue weighted by atomic mass is 32.2. The number of anilines is 1. The van der Waals surface area contributed by atoms with Gasteiger partial charge in [0, 0.05) is 0 Å². The molecule has 6 nitrogen and oxygen atoms in total. The molecule has 0 saturated heterocycles. The molecule has 0 spiro atoms. The van der Waals surface area contributed by atoms with E-state index in [2.05, 4.69) is 9.71 Å².